The highest BCUT2D eigenvalue weighted by Gasteiger charge is 2.21. The van der Waals surface area contributed by atoms with Crippen molar-refractivity contribution in [1.82, 2.24) is 4.98 Å². The molecular weight excluding hydrogens is 418 g/mol. The number of carbonyl (C=O) groups is 1. The third kappa shape index (κ3) is 5.17. The molecule has 2 heterocycles. The number of methoxy groups -OCH3 is 1. The molecule has 1 aliphatic heterocycles. The number of carbonyl (C=O) groups excluding carboxylic acids is 1. The maximum Gasteiger partial charge on any atom is 0.307 e. The van der Waals surface area contributed by atoms with E-state index < -0.39 is 0 Å². The van der Waals surface area contributed by atoms with Gasteiger partial charge in [0.2, 0.25) is 5.89 Å². The number of rotatable bonds is 8. The van der Waals surface area contributed by atoms with Crippen LogP contribution >= 0.6 is 0 Å². The van der Waals surface area contributed by atoms with E-state index in [0.717, 1.165) is 47.8 Å². The lowest BCUT2D eigenvalue weighted by Crippen LogP contribution is -2.31. The van der Waals surface area contributed by atoms with Gasteiger partial charge in [0.05, 0.1) is 32.4 Å². The maximum absolute atomic E-state index is 11.6. The second-order valence-electron chi connectivity index (χ2n) is 7.95. The van der Waals surface area contributed by atoms with Gasteiger partial charge < -0.3 is 18.8 Å². The maximum atomic E-state index is 11.6. The van der Waals surface area contributed by atoms with Crippen molar-refractivity contribution in [3.63, 3.8) is 0 Å². The molecule has 0 N–H and O–H groups in total. The lowest BCUT2D eigenvalue weighted by molar-refractivity contribution is -0.140. The fraction of sp³-hybridized carbons (Fsp3) is 0.346. The molecule has 0 aliphatic carbocycles. The van der Waals surface area contributed by atoms with Crippen molar-refractivity contribution in [3.05, 3.63) is 70.9 Å². The summed E-state index contributed by atoms with van der Waals surface area (Å²) in [7, 11) is 1.42. The van der Waals surface area contributed by atoms with Crippen LogP contribution in [0.2, 0.25) is 0 Å². The van der Waals surface area contributed by atoms with Crippen molar-refractivity contribution in [2.75, 3.05) is 31.7 Å². The van der Waals surface area contributed by atoms with E-state index in [1.807, 2.05) is 31.2 Å². The highest BCUT2D eigenvalue weighted by atomic mass is 16.5. The molecule has 0 atom stereocenters. The minimum absolute atomic E-state index is 0.195. The number of anilines is 1. The first-order valence-electron chi connectivity index (χ1n) is 11.1. The van der Waals surface area contributed by atoms with E-state index >= 15 is 0 Å². The Morgan fingerprint density at radius 2 is 2.06 bits per heavy atom. The van der Waals surface area contributed by atoms with Gasteiger partial charge in [-0.1, -0.05) is 30.3 Å². The monoisotopic (exact) mass is 445 g/mol. The van der Waals surface area contributed by atoms with Crippen LogP contribution in [0.1, 0.15) is 29.9 Å². The standard InChI is InChI=1S/C26H27N3O4/c1-18-22(28-26(33-18)19-9-11-20(27-2)12-10-19)14-17-32-24-8-4-7-23-21(24)6-5-15-29(23)16-13-25(30)31-3/h4,7-12H,5-6,13-17H2,1,3H3. The molecule has 170 valence electrons. The minimum Gasteiger partial charge on any atom is -0.493 e. The summed E-state index contributed by atoms with van der Waals surface area (Å²) < 4.78 is 16.8. The molecule has 0 spiro atoms. The van der Waals surface area contributed by atoms with Crippen molar-refractivity contribution in [2.45, 2.75) is 32.6 Å². The Bertz CT molecular complexity index is 1160. The average Bonchev–Trinajstić information content (AvgIpc) is 3.23. The van der Waals surface area contributed by atoms with E-state index in [4.69, 9.17) is 20.5 Å². The summed E-state index contributed by atoms with van der Waals surface area (Å²) in [6.45, 7) is 11.0. The van der Waals surface area contributed by atoms with Crippen LogP contribution < -0.4 is 9.64 Å². The quantitative estimate of drug-likeness (QED) is 0.353. The van der Waals surface area contributed by atoms with E-state index in [2.05, 4.69) is 20.8 Å². The Hall–Kier alpha value is -3.79. The largest absolute Gasteiger partial charge is 0.493 e. The molecule has 0 saturated heterocycles. The van der Waals surface area contributed by atoms with Crippen molar-refractivity contribution < 1.29 is 18.7 Å². The molecular formula is C26H27N3O4. The number of nitrogens with zero attached hydrogens (tertiary/aromatic N) is 3. The van der Waals surface area contributed by atoms with Gasteiger partial charge in [-0.2, -0.15) is 0 Å². The van der Waals surface area contributed by atoms with E-state index in [1.54, 1.807) is 12.1 Å². The fourth-order valence-electron chi connectivity index (χ4n) is 4.08. The van der Waals surface area contributed by atoms with Crippen LogP contribution in [-0.4, -0.2) is 37.8 Å². The van der Waals surface area contributed by atoms with E-state index in [1.165, 1.54) is 12.7 Å². The number of oxazole rings is 1. The first kappa shape index (κ1) is 22.4. The predicted octanol–water partition coefficient (Wildman–Crippen LogP) is 5.14. The summed E-state index contributed by atoms with van der Waals surface area (Å²) in [5, 5.41) is 0. The summed E-state index contributed by atoms with van der Waals surface area (Å²) in [5.41, 5.74) is 4.62. The van der Waals surface area contributed by atoms with Crippen LogP contribution in [0.3, 0.4) is 0 Å². The Morgan fingerprint density at radius 3 is 2.82 bits per heavy atom. The third-order valence-corrected chi connectivity index (χ3v) is 5.85. The normalized spacial score (nSPS) is 12.7. The van der Waals surface area contributed by atoms with Gasteiger partial charge in [0.1, 0.15) is 11.5 Å². The van der Waals surface area contributed by atoms with Crippen molar-refractivity contribution in [1.29, 1.82) is 0 Å². The molecule has 7 nitrogen and oxygen atoms in total. The molecule has 1 aliphatic rings. The minimum atomic E-state index is -0.195. The summed E-state index contributed by atoms with van der Waals surface area (Å²) in [6, 6.07) is 13.3. The van der Waals surface area contributed by atoms with Gasteiger partial charge in [-0.25, -0.2) is 9.83 Å². The molecule has 7 heteroatoms. The van der Waals surface area contributed by atoms with Crippen molar-refractivity contribution in [2.24, 2.45) is 0 Å². The fourth-order valence-corrected chi connectivity index (χ4v) is 4.08. The number of esters is 1. The Kier molecular flexibility index (Phi) is 6.94. The topological polar surface area (TPSA) is 69.2 Å². The van der Waals surface area contributed by atoms with Gasteiger partial charge in [-0.05, 0) is 31.9 Å². The molecule has 4 rings (SSSR count). The van der Waals surface area contributed by atoms with Crippen molar-refractivity contribution >= 4 is 17.3 Å². The predicted molar refractivity (Wildman–Crippen MR) is 126 cm³/mol. The highest BCUT2D eigenvalue weighted by Crippen LogP contribution is 2.34. The van der Waals surface area contributed by atoms with Gasteiger partial charge >= 0.3 is 5.97 Å². The summed E-state index contributed by atoms with van der Waals surface area (Å²) in [6.07, 6.45) is 2.97. The SMILES string of the molecule is [C-]#[N+]c1ccc(-c2nc(CCOc3cccc4c3CCCN4CCC(=O)OC)c(C)o2)cc1. The molecule has 0 fully saturated rings. The smallest absolute Gasteiger partial charge is 0.307 e. The molecule has 0 saturated carbocycles. The van der Waals surface area contributed by atoms with Gasteiger partial charge in [0.25, 0.3) is 0 Å². The van der Waals surface area contributed by atoms with Crippen molar-refractivity contribution in [3.8, 4) is 17.2 Å². The molecule has 0 radical (unpaired) electrons. The van der Waals surface area contributed by atoms with E-state index in [0.29, 0.717) is 37.6 Å². The zero-order valence-electron chi connectivity index (χ0n) is 19.0. The van der Waals surface area contributed by atoms with Crippen LogP contribution in [0.5, 0.6) is 5.75 Å². The number of ether oxygens (including phenoxy) is 2. The zero-order valence-corrected chi connectivity index (χ0v) is 19.0. The van der Waals surface area contributed by atoms with Crippen LogP contribution in [0, 0.1) is 13.5 Å². The number of benzene rings is 2. The first-order valence-corrected chi connectivity index (χ1v) is 11.1. The second-order valence-corrected chi connectivity index (χ2v) is 7.95. The van der Waals surface area contributed by atoms with Gasteiger partial charge in [-0.3, -0.25) is 4.79 Å². The Labute approximate surface area is 193 Å². The molecule has 33 heavy (non-hydrogen) atoms. The number of aryl methyl sites for hydroxylation is 1. The van der Waals surface area contributed by atoms with Crippen LogP contribution in [0.15, 0.2) is 46.9 Å². The molecule has 0 unspecified atom stereocenters. The number of fused-ring (bicyclic) bond motifs is 1. The molecule has 0 bridgehead atoms. The summed E-state index contributed by atoms with van der Waals surface area (Å²) in [4.78, 5) is 21.8. The van der Waals surface area contributed by atoms with E-state index in [9.17, 15) is 4.79 Å². The van der Waals surface area contributed by atoms with Crippen LogP contribution in [0.25, 0.3) is 16.3 Å². The number of hydrogen-bond donors (Lipinski definition) is 0. The second kappa shape index (κ2) is 10.2. The molecule has 3 aromatic rings. The number of aromatic nitrogens is 1. The van der Waals surface area contributed by atoms with E-state index in [-0.39, 0.29) is 5.97 Å². The Morgan fingerprint density at radius 1 is 1.24 bits per heavy atom. The van der Waals surface area contributed by atoms with Crippen LogP contribution in [0.4, 0.5) is 11.4 Å². The number of hydrogen-bond acceptors (Lipinski definition) is 6. The first-order chi connectivity index (χ1) is 16.1. The van der Waals surface area contributed by atoms with Gasteiger partial charge in [0, 0.05) is 36.3 Å². The zero-order chi connectivity index (χ0) is 23.2. The molecule has 1 aromatic heterocycles. The highest BCUT2D eigenvalue weighted by molar-refractivity contribution is 5.70. The third-order valence-electron chi connectivity index (χ3n) is 5.85. The summed E-state index contributed by atoms with van der Waals surface area (Å²) >= 11 is 0. The Balaban J connectivity index is 1.41. The average molecular weight is 446 g/mol. The van der Waals surface area contributed by atoms with Crippen LogP contribution in [-0.2, 0) is 22.4 Å². The summed E-state index contributed by atoms with van der Waals surface area (Å²) in [5.74, 6) is 2.01. The molecule has 0 amide bonds. The lowest BCUT2D eigenvalue weighted by atomic mass is 10.0. The van der Waals surface area contributed by atoms with Gasteiger partial charge in [0.15, 0.2) is 5.69 Å². The lowest BCUT2D eigenvalue weighted by Gasteiger charge is -2.32. The van der Waals surface area contributed by atoms with Gasteiger partial charge in [-0.15, -0.1) is 0 Å². The molecule has 2 aromatic carbocycles.